The summed E-state index contributed by atoms with van der Waals surface area (Å²) in [4.78, 5) is 21.8. The Balaban J connectivity index is 2.64. The van der Waals surface area contributed by atoms with Gasteiger partial charge in [-0.05, 0) is 24.5 Å². The van der Waals surface area contributed by atoms with Crippen LogP contribution in [-0.2, 0) is 4.79 Å². The first-order chi connectivity index (χ1) is 8.54. The molecule has 0 saturated carbocycles. The van der Waals surface area contributed by atoms with Crippen molar-refractivity contribution in [3.63, 3.8) is 0 Å². The van der Waals surface area contributed by atoms with E-state index in [0.29, 0.717) is 12.1 Å². The molecule has 18 heavy (non-hydrogen) atoms. The van der Waals surface area contributed by atoms with E-state index in [1.165, 1.54) is 18.2 Å². The summed E-state index contributed by atoms with van der Waals surface area (Å²) in [6.45, 7) is 0. The summed E-state index contributed by atoms with van der Waals surface area (Å²) >= 11 is 1.61. The third-order valence-corrected chi connectivity index (χ3v) is 2.94. The second-order valence-electron chi connectivity index (χ2n) is 3.68. The highest BCUT2D eigenvalue weighted by Gasteiger charge is 2.14. The largest absolute Gasteiger partial charge is 0.324 e. The van der Waals surface area contributed by atoms with Crippen LogP contribution in [0.5, 0.6) is 0 Å². The van der Waals surface area contributed by atoms with Crippen LogP contribution in [0.25, 0.3) is 0 Å². The molecule has 1 aromatic rings. The number of carbonyl (C=O) groups excluding carboxylic acids is 1. The molecular formula is C11H15N3O3S. The van der Waals surface area contributed by atoms with Crippen molar-refractivity contribution in [2.45, 2.75) is 12.5 Å². The number of hydrogen-bond donors (Lipinski definition) is 2. The van der Waals surface area contributed by atoms with E-state index in [0.717, 1.165) is 5.75 Å². The number of nitrogens with one attached hydrogen (secondary N) is 1. The minimum Gasteiger partial charge on any atom is -0.324 e. The molecule has 1 amide bonds. The van der Waals surface area contributed by atoms with Crippen LogP contribution in [0.15, 0.2) is 24.3 Å². The number of benzene rings is 1. The Morgan fingerprint density at radius 2 is 2.33 bits per heavy atom. The lowest BCUT2D eigenvalue weighted by Gasteiger charge is -2.11. The lowest BCUT2D eigenvalue weighted by molar-refractivity contribution is -0.384. The van der Waals surface area contributed by atoms with Gasteiger partial charge in [0.2, 0.25) is 5.91 Å². The number of anilines is 1. The molecule has 0 aliphatic carbocycles. The topological polar surface area (TPSA) is 98.3 Å². The summed E-state index contributed by atoms with van der Waals surface area (Å²) in [7, 11) is 0. The second-order valence-corrected chi connectivity index (χ2v) is 4.67. The molecule has 98 valence electrons. The fraction of sp³-hybridized carbons (Fsp3) is 0.364. The van der Waals surface area contributed by atoms with Crippen molar-refractivity contribution in [2.75, 3.05) is 17.3 Å². The van der Waals surface area contributed by atoms with Crippen LogP contribution >= 0.6 is 11.8 Å². The predicted molar refractivity (Wildman–Crippen MR) is 72.7 cm³/mol. The van der Waals surface area contributed by atoms with Crippen molar-refractivity contribution in [1.82, 2.24) is 0 Å². The Bertz CT molecular complexity index is 439. The van der Waals surface area contributed by atoms with Crippen LogP contribution in [-0.4, -0.2) is 28.9 Å². The van der Waals surface area contributed by atoms with Gasteiger partial charge in [-0.25, -0.2) is 0 Å². The monoisotopic (exact) mass is 269 g/mol. The Hall–Kier alpha value is -1.60. The number of hydrogen-bond acceptors (Lipinski definition) is 5. The van der Waals surface area contributed by atoms with Crippen LogP contribution in [0.1, 0.15) is 6.42 Å². The van der Waals surface area contributed by atoms with Crippen LogP contribution in [0.4, 0.5) is 11.4 Å². The number of amides is 1. The number of thioether (sulfide) groups is 1. The molecular weight excluding hydrogens is 254 g/mol. The molecule has 0 spiro atoms. The summed E-state index contributed by atoms with van der Waals surface area (Å²) in [6, 6.07) is 5.17. The summed E-state index contributed by atoms with van der Waals surface area (Å²) < 4.78 is 0. The minimum atomic E-state index is -0.600. The highest BCUT2D eigenvalue weighted by atomic mass is 32.2. The van der Waals surface area contributed by atoms with E-state index < -0.39 is 11.0 Å². The van der Waals surface area contributed by atoms with E-state index in [-0.39, 0.29) is 11.6 Å². The molecule has 0 unspecified atom stereocenters. The Kier molecular flexibility index (Phi) is 5.60. The van der Waals surface area contributed by atoms with Gasteiger partial charge in [-0.15, -0.1) is 0 Å². The van der Waals surface area contributed by atoms with E-state index in [4.69, 9.17) is 5.73 Å². The van der Waals surface area contributed by atoms with Gasteiger partial charge in [-0.3, -0.25) is 14.9 Å². The van der Waals surface area contributed by atoms with Crippen molar-refractivity contribution in [3.05, 3.63) is 34.4 Å². The SMILES string of the molecule is CSCC[C@H](N)C(=O)Nc1cccc([N+](=O)[O-])c1. The molecule has 0 bridgehead atoms. The molecule has 0 heterocycles. The number of nitro groups is 1. The zero-order valence-electron chi connectivity index (χ0n) is 9.96. The van der Waals surface area contributed by atoms with E-state index in [1.54, 1.807) is 17.8 Å². The second kappa shape index (κ2) is 6.97. The van der Waals surface area contributed by atoms with Crippen LogP contribution in [0.2, 0.25) is 0 Å². The van der Waals surface area contributed by atoms with Crippen molar-refractivity contribution in [1.29, 1.82) is 0 Å². The van der Waals surface area contributed by atoms with Crippen molar-refractivity contribution < 1.29 is 9.72 Å². The molecule has 1 aromatic carbocycles. The number of rotatable bonds is 6. The maximum atomic E-state index is 11.7. The Morgan fingerprint density at radius 3 is 2.94 bits per heavy atom. The summed E-state index contributed by atoms with van der Waals surface area (Å²) in [5.41, 5.74) is 6.01. The Labute approximate surface area is 109 Å². The van der Waals surface area contributed by atoms with E-state index >= 15 is 0 Å². The quantitative estimate of drug-likeness (QED) is 0.604. The lowest BCUT2D eigenvalue weighted by Crippen LogP contribution is -2.36. The van der Waals surface area contributed by atoms with Crippen molar-refractivity contribution in [2.24, 2.45) is 5.73 Å². The van der Waals surface area contributed by atoms with E-state index in [9.17, 15) is 14.9 Å². The van der Waals surface area contributed by atoms with Crippen molar-refractivity contribution in [3.8, 4) is 0 Å². The minimum absolute atomic E-state index is 0.0644. The molecule has 1 rings (SSSR count). The summed E-state index contributed by atoms with van der Waals surface area (Å²) in [6.07, 6.45) is 2.51. The molecule has 0 fully saturated rings. The molecule has 6 nitrogen and oxygen atoms in total. The van der Waals surface area contributed by atoms with Gasteiger partial charge < -0.3 is 11.1 Å². The first-order valence-electron chi connectivity index (χ1n) is 5.34. The maximum absolute atomic E-state index is 11.7. The average molecular weight is 269 g/mol. The van der Waals surface area contributed by atoms with Crippen molar-refractivity contribution >= 4 is 29.0 Å². The highest BCUT2D eigenvalue weighted by molar-refractivity contribution is 7.98. The third kappa shape index (κ3) is 4.34. The van der Waals surface area contributed by atoms with E-state index in [1.807, 2.05) is 6.26 Å². The zero-order chi connectivity index (χ0) is 13.5. The number of nitrogens with zero attached hydrogens (tertiary/aromatic N) is 1. The standard InChI is InChI=1S/C11H15N3O3S/c1-18-6-5-10(12)11(15)13-8-3-2-4-9(7-8)14(16)17/h2-4,7,10H,5-6,12H2,1H3,(H,13,15)/t10-/m0/s1. The number of carbonyl (C=O) groups is 1. The molecule has 0 aliphatic rings. The zero-order valence-corrected chi connectivity index (χ0v) is 10.8. The molecule has 1 atom stereocenters. The van der Waals surface area contributed by atoms with Gasteiger partial charge in [0.15, 0.2) is 0 Å². The fourth-order valence-corrected chi connectivity index (χ4v) is 1.80. The average Bonchev–Trinajstić information content (AvgIpc) is 2.36. The number of nitro benzene ring substituents is 1. The van der Waals surface area contributed by atoms with Gasteiger partial charge in [0.1, 0.15) is 0 Å². The van der Waals surface area contributed by atoms with Gasteiger partial charge in [0.25, 0.3) is 5.69 Å². The first kappa shape index (κ1) is 14.5. The fourth-order valence-electron chi connectivity index (χ4n) is 1.31. The molecule has 0 aromatic heterocycles. The third-order valence-electron chi connectivity index (χ3n) is 2.29. The first-order valence-corrected chi connectivity index (χ1v) is 6.74. The van der Waals surface area contributed by atoms with Crippen LogP contribution < -0.4 is 11.1 Å². The van der Waals surface area contributed by atoms with E-state index in [2.05, 4.69) is 5.32 Å². The maximum Gasteiger partial charge on any atom is 0.271 e. The smallest absolute Gasteiger partial charge is 0.271 e. The number of nitrogens with two attached hydrogens (primary N) is 1. The lowest BCUT2D eigenvalue weighted by atomic mass is 10.2. The number of non-ortho nitro benzene ring substituents is 1. The molecule has 0 radical (unpaired) electrons. The van der Waals surface area contributed by atoms with Gasteiger partial charge in [-0.2, -0.15) is 11.8 Å². The molecule has 0 saturated heterocycles. The van der Waals surface area contributed by atoms with Gasteiger partial charge in [0, 0.05) is 17.8 Å². The molecule has 7 heteroatoms. The predicted octanol–water partition coefficient (Wildman–Crippen LogP) is 1.61. The van der Waals surface area contributed by atoms with Gasteiger partial charge in [0.05, 0.1) is 11.0 Å². The Morgan fingerprint density at radius 1 is 1.61 bits per heavy atom. The normalized spacial score (nSPS) is 11.9. The molecule has 3 N–H and O–H groups in total. The van der Waals surface area contributed by atoms with Crippen LogP contribution in [0, 0.1) is 10.1 Å². The highest BCUT2D eigenvalue weighted by Crippen LogP contribution is 2.17. The van der Waals surface area contributed by atoms with Crippen LogP contribution in [0.3, 0.4) is 0 Å². The van der Waals surface area contributed by atoms with Gasteiger partial charge >= 0.3 is 0 Å². The van der Waals surface area contributed by atoms with Gasteiger partial charge in [-0.1, -0.05) is 6.07 Å². The summed E-state index contributed by atoms with van der Waals surface area (Å²) in [5.74, 6) is 0.466. The molecule has 0 aliphatic heterocycles. The summed E-state index contributed by atoms with van der Waals surface area (Å²) in [5, 5.41) is 13.1.